The third kappa shape index (κ3) is 29.2. The van der Waals surface area contributed by atoms with Gasteiger partial charge in [0.2, 0.25) is 0 Å². The van der Waals surface area contributed by atoms with E-state index in [1.165, 1.54) is 130 Å². The van der Waals surface area contributed by atoms with E-state index in [0.717, 1.165) is 88.1 Å². The summed E-state index contributed by atoms with van der Waals surface area (Å²) in [5.41, 5.74) is 0.601. The number of ketones is 1. The van der Waals surface area contributed by atoms with Crippen LogP contribution in [0.2, 0.25) is 0 Å². The number of ether oxygens (including phenoxy) is 1. The maximum atomic E-state index is 12.1. The van der Waals surface area contributed by atoms with Crippen LogP contribution in [-0.4, -0.2) is 277 Å². The van der Waals surface area contributed by atoms with E-state index in [-0.39, 0.29) is 6.10 Å². The molecule has 2 unspecified atom stereocenters. The average molecular weight is 1120 g/mol. The summed E-state index contributed by atoms with van der Waals surface area (Å²) in [4.78, 5) is 35.0. The van der Waals surface area contributed by atoms with E-state index in [4.69, 9.17) is 9.84 Å². The molecule has 10 aliphatic rings. The van der Waals surface area contributed by atoms with Crippen LogP contribution in [0, 0.1) is 11.3 Å². The summed E-state index contributed by atoms with van der Waals surface area (Å²) in [6.07, 6.45) is 10.3. The van der Waals surface area contributed by atoms with Gasteiger partial charge in [0.05, 0.1) is 19.3 Å². The molecule has 0 saturated carbocycles. The normalized spacial score (nSPS) is 25.5. The number of aliphatic hydroxyl groups excluding tert-OH is 1. The number of rotatable bonds is 10. The van der Waals surface area contributed by atoms with Gasteiger partial charge in [-0.15, -0.1) is 0 Å². The minimum Gasteiger partial charge on any atom is -0.392 e. The first-order valence-electron chi connectivity index (χ1n) is 32.8. The fourth-order valence-corrected chi connectivity index (χ4v) is 11.3. The number of hydrogen-bond acceptors (Lipinski definition) is 13. The van der Waals surface area contributed by atoms with Crippen molar-refractivity contribution in [1.82, 2.24) is 49.0 Å². The standard InChI is InChI=1S/C8H18N2.2C8H15NO.C8H17N.C7H15NO.2C7H15N.C6H12FN.C6H13N/c1-8(2)10-6-4-9(3)5-7-10;1-7(2)9-3-8(4-9)5-10-6-8;1-6(2)9-4-8(5-9)7(3)10;1-8(2)9-6-4-3-5-7-9;1-6(2)8-4-3-7(9)5-8;1-6(2)8-5-4-7(8)3;1-7(2)8-5-3-4-6-8;1-5(2)8-3-6(7)4-8;1-6(2)7-4-3-5-7/h8H,4-7H2,1-3H3;7H,3-6H2,1-2H3;6,8H,4-5H2,1-3H3;8H,3-7H2,1-2H3;6-7,9H,3-5H2,1-2H3;6-7H,4-5H2,1-3H3;7H,3-6H2,1-2H3;5-6H,3-4H2,1-2H3;6H,3-5H2,1-2H3. The zero-order chi connectivity index (χ0) is 59.6. The molecule has 14 heteroatoms. The van der Waals surface area contributed by atoms with Gasteiger partial charge in [-0.1, -0.05) is 6.42 Å². The number of alkyl halides is 1. The second-order valence-corrected chi connectivity index (χ2v) is 27.9. The Balaban J connectivity index is 0.000000304. The van der Waals surface area contributed by atoms with Crippen LogP contribution in [0.5, 0.6) is 0 Å². The van der Waals surface area contributed by atoms with E-state index in [9.17, 15) is 9.18 Å². The third-order valence-electron chi connectivity index (χ3n) is 18.3. The molecule has 13 nitrogen and oxygen atoms in total. The molecule has 0 aromatic carbocycles. The van der Waals surface area contributed by atoms with Crippen LogP contribution in [0.1, 0.15) is 190 Å². The molecule has 0 aliphatic carbocycles. The molecule has 10 rings (SSSR count). The minimum atomic E-state index is -0.544. The molecule has 10 aliphatic heterocycles. The van der Waals surface area contributed by atoms with Crippen molar-refractivity contribution in [2.45, 2.75) is 263 Å². The highest BCUT2D eigenvalue weighted by Gasteiger charge is 2.49. The summed E-state index contributed by atoms with van der Waals surface area (Å²) in [6.45, 7) is 68.0. The summed E-state index contributed by atoms with van der Waals surface area (Å²) in [5.74, 6) is 0.680. The van der Waals surface area contributed by atoms with Crippen molar-refractivity contribution in [1.29, 1.82) is 0 Å². The van der Waals surface area contributed by atoms with Crippen LogP contribution in [0.15, 0.2) is 0 Å². The molecule has 10 saturated heterocycles. The number of halogens is 1. The fraction of sp³-hybridized carbons (Fsp3) is 0.985. The minimum absolute atomic E-state index is 0.0626. The Labute approximate surface area is 490 Å². The summed E-state index contributed by atoms with van der Waals surface area (Å²) in [6, 6.07) is 7.14. The number of likely N-dealkylation sites (N-methyl/N-ethyl adjacent to an activating group) is 1. The fourth-order valence-electron chi connectivity index (χ4n) is 11.3. The zero-order valence-electron chi connectivity index (χ0n) is 56.1. The molecular formula is C65H135FN10O3. The summed E-state index contributed by atoms with van der Waals surface area (Å²) >= 11 is 0. The number of Topliss-reactive ketones (excluding diaryl/α,β-unsaturated/α-hetero) is 1. The predicted octanol–water partition coefficient (Wildman–Crippen LogP) is 9.76. The highest BCUT2D eigenvalue weighted by molar-refractivity contribution is 5.79. The molecule has 0 aromatic heterocycles. The number of piperazine rings is 1. The van der Waals surface area contributed by atoms with Crippen LogP contribution < -0.4 is 0 Å². The maximum absolute atomic E-state index is 12.1. The zero-order valence-corrected chi connectivity index (χ0v) is 56.1. The monoisotopic (exact) mass is 1120 g/mol. The summed E-state index contributed by atoms with van der Waals surface area (Å²) < 4.78 is 17.3. The first-order chi connectivity index (χ1) is 37.1. The van der Waals surface area contributed by atoms with Crippen molar-refractivity contribution < 1.29 is 19.0 Å². The number of carbonyl (C=O) groups is 1. The van der Waals surface area contributed by atoms with Gasteiger partial charge in [0.1, 0.15) is 12.0 Å². The van der Waals surface area contributed by atoms with E-state index < -0.39 is 6.17 Å². The molecular weight excluding hydrogens is 988 g/mol. The quantitative estimate of drug-likeness (QED) is 0.226. The highest BCUT2D eigenvalue weighted by Crippen LogP contribution is 2.38. The van der Waals surface area contributed by atoms with Gasteiger partial charge in [-0.25, -0.2) is 4.39 Å². The Morgan fingerprint density at radius 1 is 0.443 bits per heavy atom. The molecule has 0 amide bonds. The van der Waals surface area contributed by atoms with E-state index in [1.807, 2.05) is 0 Å². The molecule has 79 heavy (non-hydrogen) atoms. The second kappa shape index (κ2) is 38.9. The highest BCUT2D eigenvalue weighted by atomic mass is 19.1. The number of nitrogens with zero attached hydrogens (tertiary/aromatic N) is 10. The van der Waals surface area contributed by atoms with Crippen molar-refractivity contribution >= 4 is 5.78 Å². The third-order valence-corrected chi connectivity index (χ3v) is 18.3. The van der Waals surface area contributed by atoms with E-state index in [1.54, 1.807) is 6.92 Å². The molecule has 0 radical (unpaired) electrons. The first-order valence-corrected chi connectivity index (χ1v) is 32.8. The lowest BCUT2D eigenvalue weighted by Gasteiger charge is -2.56. The van der Waals surface area contributed by atoms with Crippen LogP contribution in [0.25, 0.3) is 0 Å². The van der Waals surface area contributed by atoms with Crippen LogP contribution >= 0.6 is 0 Å². The lowest BCUT2D eigenvalue weighted by Crippen LogP contribution is -2.67. The van der Waals surface area contributed by atoms with Crippen molar-refractivity contribution in [2.75, 3.05) is 145 Å². The molecule has 1 spiro atoms. The smallest absolute Gasteiger partial charge is 0.135 e. The SMILES string of the molecule is CC(=O)C1CN(C(C)C)C1.CC(C)N1CC(F)C1.CC(C)N1CC2(COC2)C1.CC(C)N1CCC(O)C1.CC(C)N1CCC1.CC(C)N1CCC1C.CC(C)N1CCCC1.CC(C)N1CCCCC1.CC(C)N1CCN(C)CC1. The molecule has 0 bridgehead atoms. The lowest BCUT2D eigenvalue weighted by atomic mass is 9.77. The molecule has 10 fully saturated rings. The molecule has 2 atom stereocenters. The number of carbonyl (C=O) groups excluding carboxylic acids is 1. The van der Waals surface area contributed by atoms with E-state index >= 15 is 0 Å². The first kappa shape index (κ1) is 74.2. The maximum Gasteiger partial charge on any atom is 0.135 e. The van der Waals surface area contributed by atoms with E-state index in [2.05, 4.69) is 188 Å². The lowest BCUT2D eigenvalue weighted by molar-refractivity contribution is -0.195. The van der Waals surface area contributed by atoms with Crippen molar-refractivity contribution in [3.63, 3.8) is 0 Å². The molecule has 470 valence electrons. The van der Waals surface area contributed by atoms with E-state index in [0.29, 0.717) is 48.3 Å². The number of likely N-dealkylation sites (tertiary alicyclic amines) is 8. The van der Waals surface area contributed by atoms with Crippen molar-refractivity contribution in [3.05, 3.63) is 0 Å². The molecule has 0 aromatic rings. The Bertz CT molecular complexity index is 1480. The Morgan fingerprint density at radius 2 is 0.823 bits per heavy atom. The Hall–Kier alpha value is -0.880. The van der Waals surface area contributed by atoms with Gasteiger partial charge in [0.15, 0.2) is 0 Å². The number of β-amino-alcohol motifs (C(OH)–C–C–N with tert-alkyl or cyclic N) is 1. The van der Waals surface area contributed by atoms with Crippen LogP contribution in [0.4, 0.5) is 4.39 Å². The summed E-state index contributed by atoms with van der Waals surface area (Å²) in [7, 11) is 2.19. The predicted molar refractivity (Wildman–Crippen MR) is 338 cm³/mol. The number of hydrogen-bond donors (Lipinski definition) is 1. The van der Waals surface area contributed by atoms with Crippen LogP contribution in [-0.2, 0) is 9.53 Å². The molecule has 10 heterocycles. The van der Waals surface area contributed by atoms with Gasteiger partial charge < -0.3 is 29.4 Å². The van der Waals surface area contributed by atoms with Gasteiger partial charge in [0, 0.05) is 157 Å². The summed E-state index contributed by atoms with van der Waals surface area (Å²) in [5, 5.41) is 9.11. The van der Waals surface area contributed by atoms with Crippen LogP contribution in [0.3, 0.4) is 0 Å². The Kier molecular flexibility index (Phi) is 36.6. The van der Waals surface area contributed by atoms with Gasteiger partial charge in [-0.3, -0.25) is 34.2 Å². The number of aliphatic hydroxyl groups is 1. The van der Waals surface area contributed by atoms with Gasteiger partial charge in [-0.05, 0) is 230 Å². The Morgan fingerprint density at radius 3 is 1.04 bits per heavy atom. The van der Waals surface area contributed by atoms with Gasteiger partial charge in [-0.2, -0.15) is 0 Å². The van der Waals surface area contributed by atoms with Gasteiger partial charge in [0.25, 0.3) is 0 Å². The largest absolute Gasteiger partial charge is 0.392 e. The van der Waals surface area contributed by atoms with Gasteiger partial charge >= 0.3 is 0 Å². The van der Waals surface area contributed by atoms with Crippen molar-refractivity contribution in [2.24, 2.45) is 11.3 Å². The second-order valence-electron chi connectivity index (χ2n) is 27.9. The molecule has 1 N–H and O–H groups in total. The van der Waals surface area contributed by atoms with Crippen molar-refractivity contribution in [3.8, 4) is 0 Å². The number of piperidine rings is 1. The average Bonchev–Trinajstić information content (AvgIpc) is 4.00. The topological polar surface area (TPSA) is 78.9 Å².